The minimum Gasteiger partial charge on any atom is -0.550 e. The molecule has 0 rings (SSSR count). The van der Waals surface area contributed by atoms with Crippen LogP contribution in [-0.4, -0.2) is 30.0 Å². The second-order valence-corrected chi connectivity index (χ2v) is 15.3. The first-order chi connectivity index (χ1) is 23.2. The Morgan fingerprint density at radius 3 is 0.854 bits per heavy atom. The van der Waals surface area contributed by atoms with Crippen molar-refractivity contribution < 1.29 is 61.3 Å². The summed E-state index contributed by atoms with van der Waals surface area (Å²) in [5.41, 5.74) is 0. The van der Waals surface area contributed by atoms with E-state index in [1.54, 1.807) is 0 Å². The normalized spacial score (nSPS) is 12.1. The maximum absolute atomic E-state index is 11.2. The number of carboxylic acids is 1. The van der Waals surface area contributed by atoms with E-state index in [-0.39, 0.29) is 57.8 Å². The van der Waals surface area contributed by atoms with Gasteiger partial charge in [0.1, 0.15) is 0 Å². The molecule has 282 valence electrons. The third-order valence-corrected chi connectivity index (χ3v) is 10.8. The van der Waals surface area contributed by atoms with Gasteiger partial charge in [-0.05, 0) is 45.2 Å². The molecule has 48 heavy (non-hydrogen) atoms. The number of nitrogens with zero attached hydrogens (tertiary/aromatic N) is 1. The van der Waals surface area contributed by atoms with Crippen LogP contribution in [0.25, 0.3) is 0 Å². The summed E-state index contributed by atoms with van der Waals surface area (Å²) in [6.45, 7) is 9.11. The zero-order valence-corrected chi connectivity index (χ0v) is 37.0. The van der Waals surface area contributed by atoms with E-state index in [4.69, 9.17) is 0 Å². The molecule has 0 radical (unpaired) electrons. The number of carbonyl (C=O) groups excluding carboxylic acids is 1. The summed E-state index contributed by atoms with van der Waals surface area (Å²) in [5, 5.41) is 11.2. The van der Waals surface area contributed by atoms with Gasteiger partial charge in [0.2, 0.25) is 0 Å². The maximum Gasteiger partial charge on any atom is 1.00 e. The van der Waals surface area contributed by atoms with Gasteiger partial charge in [0.25, 0.3) is 0 Å². The van der Waals surface area contributed by atoms with Gasteiger partial charge < -0.3 is 14.8 Å². The van der Waals surface area contributed by atoms with Gasteiger partial charge in [-0.3, -0.25) is 0 Å². The zero-order chi connectivity index (χ0) is 34.3. The van der Waals surface area contributed by atoms with Crippen LogP contribution in [0.15, 0.2) is 0 Å². The van der Waals surface area contributed by atoms with Crippen LogP contribution in [0.4, 0.5) is 0 Å². The molecule has 1 atom stereocenters. The van der Waals surface area contributed by atoms with Crippen molar-refractivity contribution in [3.63, 3.8) is 0 Å². The van der Waals surface area contributed by atoms with Crippen molar-refractivity contribution in [2.75, 3.05) is 13.1 Å². The Hall–Kier alpha value is 1.07. The average molecular weight is 702 g/mol. The Labute approximate surface area is 346 Å². The second kappa shape index (κ2) is 44.2. The first-order valence-corrected chi connectivity index (χ1v) is 22.1. The summed E-state index contributed by atoms with van der Waals surface area (Å²) < 4.78 is 0. The smallest absolute Gasteiger partial charge is 0.550 e. The van der Waals surface area contributed by atoms with E-state index in [2.05, 4.69) is 25.7 Å². The van der Waals surface area contributed by atoms with Crippen LogP contribution in [0.5, 0.6) is 0 Å². The van der Waals surface area contributed by atoms with Crippen LogP contribution in [0, 0.1) is 0 Å². The summed E-state index contributed by atoms with van der Waals surface area (Å²) >= 11 is 0. The first kappa shape index (κ1) is 51.2. The number of hydrogen-bond acceptors (Lipinski definition) is 3. The van der Waals surface area contributed by atoms with Crippen molar-refractivity contribution in [1.82, 2.24) is 4.90 Å². The van der Waals surface area contributed by atoms with E-state index in [0.717, 1.165) is 25.9 Å². The molecule has 0 heterocycles. The number of carboxylic acid groups (broad SMARTS) is 1. The predicted octanol–water partition coefficient (Wildman–Crippen LogP) is 10.9. The number of hydrogen-bond donors (Lipinski definition) is 0. The fourth-order valence-corrected chi connectivity index (χ4v) is 7.49. The number of aliphatic carboxylic acids is 1. The Morgan fingerprint density at radius 2 is 0.646 bits per heavy atom. The molecule has 0 aromatic carbocycles. The molecular weight excluding hydrogens is 614 g/mol. The van der Waals surface area contributed by atoms with E-state index in [1.807, 2.05) is 0 Å². The molecule has 0 saturated carbocycles. The molecule has 0 bridgehead atoms. The average Bonchev–Trinajstić information content (AvgIpc) is 3.07. The topological polar surface area (TPSA) is 43.4 Å². The minimum absolute atomic E-state index is 0. The Bertz CT molecular complexity index is 562. The number of carbonyl (C=O) groups is 1. The van der Waals surface area contributed by atoms with Crippen molar-refractivity contribution in [3.8, 4) is 0 Å². The van der Waals surface area contributed by atoms with Gasteiger partial charge in [-0.1, -0.05) is 226 Å². The molecule has 0 N–H and O–H groups in total. The summed E-state index contributed by atoms with van der Waals surface area (Å²) in [6, 6.07) is 0.398. The Morgan fingerprint density at radius 1 is 0.417 bits per heavy atom. The fraction of sp³-hybridized carbons (Fsp3) is 0.977. The quantitative estimate of drug-likeness (QED) is 0.0471. The van der Waals surface area contributed by atoms with E-state index in [9.17, 15) is 9.90 Å². The summed E-state index contributed by atoms with van der Waals surface area (Å²) in [6.07, 6.45) is 49.9. The van der Waals surface area contributed by atoms with Crippen LogP contribution in [0.1, 0.15) is 258 Å². The Balaban J connectivity index is 0. The minimum atomic E-state index is -0.890. The van der Waals surface area contributed by atoms with E-state index < -0.39 is 5.97 Å². The molecule has 0 aliphatic rings. The second-order valence-electron chi connectivity index (χ2n) is 15.3. The summed E-state index contributed by atoms with van der Waals surface area (Å²) in [5.74, 6) is -0.890. The molecule has 3 nitrogen and oxygen atoms in total. The summed E-state index contributed by atoms with van der Waals surface area (Å²) in [7, 11) is 0. The third-order valence-electron chi connectivity index (χ3n) is 10.8. The van der Waals surface area contributed by atoms with Gasteiger partial charge in [0, 0.05) is 12.0 Å². The van der Waals surface area contributed by atoms with Gasteiger partial charge >= 0.3 is 51.4 Å². The van der Waals surface area contributed by atoms with E-state index in [0.29, 0.717) is 6.04 Å². The Kier molecular flexibility index (Phi) is 47.2. The summed E-state index contributed by atoms with van der Waals surface area (Å²) in [4.78, 5) is 13.8. The monoisotopic (exact) mass is 702 g/mol. The van der Waals surface area contributed by atoms with E-state index >= 15 is 0 Å². The van der Waals surface area contributed by atoms with Gasteiger partial charge in [0.05, 0.1) is 0 Å². The van der Waals surface area contributed by atoms with Gasteiger partial charge in [-0.15, -0.1) is 0 Å². The van der Waals surface area contributed by atoms with Crippen LogP contribution < -0.4 is 56.5 Å². The molecule has 0 fully saturated rings. The van der Waals surface area contributed by atoms with Crippen molar-refractivity contribution in [2.45, 2.75) is 264 Å². The van der Waals surface area contributed by atoms with Crippen molar-refractivity contribution in [1.29, 1.82) is 0 Å². The van der Waals surface area contributed by atoms with Crippen LogP contribution in [0.3, 0.4) is 0 Å². The molecule has 0 aromatic heterocycles. The SMILES string of the molecule is CCCCCCCCCCCCCCCCCCCN(CCCCCCCCCCCCCCCCCCC)C(CC)CCC(=O)[O-].[K+]. The molecule has 0 spiro atoms. The predicted molar refractivity (Wildman–Crippen MR) is 208 cm³/mol. The van der Waals surface area contributed by atoms with Crippen molar-refractivity contribution in [3.05, 3.63) is 0 Å². The molecule has 4 heteroatoms. The fourth-order valence-electron chi connectivity index (χ4n) is 7.49. The largest absolute Gasteiger partial charge is 1.00 e. The van der Waals surface area contributed by atoms with Crippen molar-refractivity contribution >= 4 is 5.97 Å². The van der Waals surface area contributed by atoms with E-state index in [1.165, 1.54) is 218 Å². The molecular formula is C44H88KNO2. The first-order valence-electron chi connectivity index (χ1n) is 22.1. The molecule has 0 amide bonds. The molecule has 0 saturated heterocycles. The molecule has 0 aliphatic heterocycles. The molecule has 1 unspecified atom stereocenters. The number of rotatable bonds is 41. The number of unbranched alkanes of at least 4 members (excludes halogenated alkanes) is 32. The van der Waals surface area contributed by atoms with Gasteiger partial charge in [-0.25, -0.2) is 0 Å². The van der Waals surface area contributed by atoms with Crippen LogP contribution >= 0.6 is 0 Å². The van der Waals surface area contributed by atoms with Crippen LogP contribution in [0.2, 0.25) is 0 Å². The third kappa shape index (κ3) is 39.8. The van der Waals surface area contributed by atoms with Crippen LogP contribution in [-0.2, 0) is 4.79 Å². The van der Waals surface area contributed by atoms with Gasteiger partial charge in [-0.2, -0.15) is 0 Å². The van der Waals surface area contributed by atoms with Crippen molar-refractivity contribution in [2.24, 2.45) is 0 Å². The maximum atomic E-state index is 11.2. The van der Waals surface area contributed by atoms with Gasteiger partial charge in [0.15, 0.2) is 0 Å². The molecule has 0 aromatic rings. The molecule has 0 aliphatic carbocycles. The standard InChI is InChI=1S/C44H89NO2.K/c1-4-7-9-11-13-15-17-19-21-23-25-27-29-31-33-35-37-41-45(43(6-3)39-40-44(46)47)42-38-36-34-32-30-28-26-24-22-20-18-16-14-12-10-8-5-2;/h43H,4-42H2,1-3H3,(H,46,47);/q;+1/p-1. The zero-order valence-electron chi connectivity index (χ0n) is 33.9.